The van der Waals surface area contributed by atoms with E-state index in [-0.39, 0.29) is 5.41 Å². The molecule has 0 aromatic heterocycles. The van der Waals surface area contributed by atoms with Crippen LogP contribution < -0.4 is 0 Å². The molecule has 128 valence electrons. The molecular formula is C19H40O2. The van der Waals surface area contributed by atoms with Crippen molar-refractivity contribution in [1.29, 1.82) is 0 Å². The van der Waals surface area contributed by atoms with Crippen LogP contribution in [-0.2, 0) is 9.47 Å². The van der Waals surface area contributed by atoms with Gasteiger partial charge in [0.05, 0.1) is 13.2 Å². The molecule has 0 aliphatic carbocycles. The van der Waals surface area contributed by atoms with Crippen LogP contribution in [0.25, 0.3) is 0 Å². The molecule has 0 radical (unpaired) electrons. The average Bonchev–Trinajstić information content (AvgIpc) is 2.39. The molecule has 21 heavy (non-hydrogen) atoms. The van der Waals surface area contributed by atoms with Gasteiger partial charge in [0.25, 0.3) is 0 Å². The zero-order valence-corrected chi connectivity index (χ0v) is 15.9. The van der Waals surface area contributed by atoms with E-state index in [1.807, 2.05) is 0 Å². The fourth-order valence-electron chi connectivity index (χ4n) is 4.48. The topological polar surface area (TPSA) is 18.5 Å². The normalized spacial score (nSPS) is 14.4. The van der Waals surface area contributed by atoms with E-state index in [4.69, 9.17) is 9.47 Å². The van der Waals surface area contributed by atoms with Crippen molar-refractivity contribution in [3.63, 3.8) is 0 Å². The van der Waals surface area contributed by atoms with Crippen molar-refractivity contribution in [1.82, 2.24) is 0 Å². The van der Waals surface area contributed by atoms with E-state index in [2.05, 4.69) is 55.4 Å². The first-order valence-electron chi connectivity index (χ1n) is 9.00. The Morgan fingerprint density at radius 1 is 0.762 bits per heavy atom. The maximum atomic E-state index is 6.01. The molecule has 0 saturated heterocycles. The Morgan fingerprint density at radius 2 is 1.24 bits per heavy atom. The molecule has 1 unspecified atom stereocenters. The van der Waals surface area contributed by atoms with Gasteiger partial charge in [0.1, 0.15) is 0 Å². The van der Waals surface area contributed by atoms with Crippen LogP contribution in [-0.4, -0.2) is 26.4 Å². The summed E-state index contributed by atoms with van der Waals surface area (Å²) in [6.45, 7) is 21.8. The fourth-order valence-corrected chi connectivity index (χ4v) is 4.48. The number of unbranched alkanes of at least 4 members (excludes halogenated alkanes) is 1. The van der Waals surface area contributed by atoms with E-state index in [0.717, 1.165) is 32.8 Å². The summed E-state index contributed by atoms with van der Waals surface area (Å²) in [5.74, 6) is 2.34. The van der Waals surface area contributed by atoms with Crippen molar-refractivity contribution < 1.29 is 9.47 Å². The van der Waals surface area contributed by atoms with Gasteiger partial charge in [0.2, 0.25) is 0 Å². The number of rotatable bonds is 12. The van der Waals surface area contributed by atoms with Crippen LogP contribution >= 0.6 is 0 Å². The highest BCUT2D eigenvalue weighted by Crippen LogP contribution is 2.49. The van der Waals surface area contributed by atoms with E-state index < -0.39 is 0 Å². The van der Waals surface area contributed by atoms with Gasteiger partial charge in [-0.1, -0.05) is 54.9 Å². The molecule has 0 aromatic rings. The molecule has 0 aliphatic rings. The van der Waals surface area contributed by atoms with Crippen molar-refractivity contribution in [3.8, 4) is 0 Å². The van der Waals surface area contributed by atoms with Gasteiger partial charge >= 0.3 is 0 Å². The van der Waals surface area contributed by atoms with Gasteiger partial charge in [-0.15, -0.1) is 0 Å². The van der Waals surface area contributed by atoms with Crippen LogP contribution in [0, 0.1) is 29.1 Å². The third-order valence-electron chi connectivity index (χ3n) is 5.19. The van der Waals surface area contributed by atoms with Crippen LogP contribution in [0.2, 0.25) is 0 Å². The lowest BCUT2D eigenvalue weighted by atomic mass is 9.56. The van der Waals surface area contributed by atoms with E-state index in [1.54, 1.807) is 0 Å². The molecule has 0 aromatic carbocycles. The Morgan fingerprint density at radius 3 is 1.62 bits per heavy atom. The van der Waals surface area contributed by atoms with Crippen molar-refractivity contribution in [2.24, 2.45) is 29.1 Å². The highest BCUT2D eigenvalue weighted by molar-refractivity contribution is 4.94. The second kappa shape index (κ2) is 10.6. The van der Waals surface area contributed by atoms with E-state index in [0.29, 0.717) is 23.7 Å². The summed E-state index contributed by atoms with van der Waals surface area (Å²) in [4.78, 5) is 0. The minimum Gasteiger partial charge on any atom is -0.381 e. The maximum Gasteiger partial charge on any atom is 0.0521 e. The summed E-state index contributed by atoms with van der Waals surface area (Å²) < 4.78 is 11.8. The highest BCUT2D eigenvalue weighted by Gasteiger charge is 2.46. The van der Waals surface area contributed by atoms with Gasteiger partial charge in [-0.3, -0.25) is 0 Å². The van der Waals surface area contributed by atoms with Gasteiger partial charge in [-0.05, 0) is 36.5 Å². The summed E-state index contributed by atoms with van der Waals surface area (Å²) >= 11 is 0. The lowest BCUT2D eigenvalue weighted by molar-refractivity contribution is -0.0914. The molecule has 0 rings (SSSR count). The Kier molecular flexibility index (Phi) is 10.6. The third kappa shape index (κ3) is 5.56. The Bertz CT molecular complexity index is 224. The second-order valence-electron chi connectivity index (χ2n) is 7.25. The molecule has 2 nitrogen and oxygen atoms in total. The number of ether oxygens (including phenoxy) is 2. The minimum atomic E-state index is 0.265. The van der Waals surface area contributed by atoms with Gasteiger partial charge in [0.15, 0.2) is 0 Å². The monoisotopic (exact) mass is 300 g/mol. The highest BCUT2D eigenvalue weighted by atomic mass is 16.5. The smallest absolute Gasteiger partial charge is 0.0521 e. The maximum absolute atomic E-state index is 6.01. The predicted octanol–water partition coefficient (Wildman–Crippen LogP) is 5.41. The zero-order valence-electron chi connectivity index (χ0n) is 15.9. The molecule has 0 heterocycles. The standard InChI is InChI=1S/C19H40O2/c1-9-11-12-21-14-18(13-20-10-2)19(15(3)4,16(5)6)17(7)8/h15-18H,9-14H2,1-8H3. The first kappa shape index (κ1) is 20.9. The molecule has 0 fully saturated rings. The van der Waals surface area contributed by atoms with Crippen LogP contribution in [0.1, 0.15) is 68.2 Å². The van der Waals surface area contributed by atoms with E-state index in [1.165, 1.54) is 6.42 Å². The predicted molar refractivity (Wildman–Crippen MR) is 92.7 cm³/mol. The van der Waals surface area contributed by atoms with Crippen molar-refractivity contribution >= 4 is 0 Å². The van der Waals surface area contributed by atoms with E-state index >= 15 is 0 Å². The zero-order chi connectivity index (χ0) is 16.5. The Hall–Kier alpha value is -0.0800. The van der Waals surface area contributed by atoms with Gasteiger partial charge in [0, 0.05) is 19.1 Å². The summed E-state index contributed by atoms with van der Waals surface area (Å²) in [5, 5.41) is 0. The molecule has 0 spiro atoms. The molecule has 1 atom stereocenters. The van der Waals surface area contributed by atoms with Gasteiger partial charge in [-0.25, -0.2) is 0 Å². The number of hydrogen-bond acceptors (Lipinski definition) is 2. The van der Waals surface area contributed by atoms with Gasteiger partial charge in [-0.2, -0.15) is 0 Å². The summed E-state index contributed by atoms with van der Waals surface area (Å²) in [7, 11) is 0. The third-order valence-corrected chi connectivity index (χ3v) is 5.19. The van der Waals surface area contributed by atoms with Gasteiger partial charge < -0.3 is 9.47 Å². The summed E-state index contributed by atoms with van der Waals surface area (Å²) in [6, 6.07) is 0. The molecular weight excluding hydrogens is 260 g/mol. The van der Waals surface area contributed by atoms with Crippen molar-refractivity contribution in [3.05, 3.63) is 0 Å². The lowest BCUT2D eigenvalue weighted by Crippen LogP contribution is -2.48. The fraction of sp³-hybridized carbons (Fsp3) is 1.00. The van der Waals surface area contributed by atoms with Crippen molar-refractivity contribution in [2.75, 3.05) is 26.4 Å². The Balaban J connectivity index is 5.16. The quantitative estimate of drug-likeness (QED) is 0.449. The SMILES string of the molecule is CCCCOCC(COCC)C(C(C)C)(C(C)C)C(C)C. The number of hydrogen-bond donors (Lipinski definition) is 0. The largest absolute Gasteiger partial charge is 0.381 e. The molecule has 0 bridgehead atoms. The molecule has 0 N–H and O–H groups in total. The second-order valence-corrected chi connectivity index (χ2v) is 7.25. The van der Waals surface area contributed by atoms with Crippen LogP contribution in [0.5, 0.6) is 0 Å². The molecule has 0 amide bonds. The lowest BCUT2D eigenvalue weighted by Gasteiger charge is -2.50. The van der Waals surface area contributed by atoms with Crippen LogP contribution in [0.3, 0.4) is 0 Å². The molecule has 0 aliphatic heterocycles. The molecule has 0 saturated carbocycles. The minimum absolute atomic E-state index is 0.265. The van der Waals surface area contributed by atoms with Crippen LogP contribution in [0.4, 0.5) is 0 Å². The summed E-state index contributed by atoms with van der Waals surface area (Å²) in [5.41, 5.74) is 0.265. The molecule has 2 heteroatoms. The average molecular weight is 301 g/mol. The van der Waals surface area contributed by atoms with Crippen LogP contribution in [0.15, 0.2) is 0 Å². The summed E-state index contributed by atoms with van der Waals surface area (Å²) in [6.07, 6.45) is 2.35. The Labute approximate surface area is 134 Å². The first-order chi connectivity index (χ1) is 9.85. The first-order valence-corrected chi connectivity index (χ1v) is 9.00. The van der Waals surface area contributed by atoms with E-state index in [9.17, 15) is 0 Å². The van der Waals surface area contributed by atoms with Crippen molar-refractivity contribution in [2.45, 2.75) is 68.2 Å².